The molecule has 1 aromatic carbocycles. The molecule has 0 aliphatic heterocycles. The summed E-state index contributed by atoms with van der Waals surface area (Å²) in [7, 11) is 0. The highest BCUT2D eigenvalue weighted by molar-refractivity contribution is 5.36. The molecule has 2 atom stereocenters. The van der Waals surface area contributed by atoms with Gasteiger partial charge in [0.2, 0.25) is 5.89 Å². The Morgan fingerprint density at radius 1 is 1.40 bits per heavy atom. The second-order valence-corrected chi connectivity index (χ2v) is 5.25. The molecule has 0 fully saturated rings. The summed E-state index contributed by atoms with van der Waals surface area (Å²) in [5, 5.41) is 13.0. The maximum atomic E-state index is 8.91. The molecular formula is C15H19N3O2. The Labute approximate surface area is 117 Å². The van der Waals surface area contributed by atoms with Crippen molar-refractivity contribution >= 4 is 0 Å². The van der Waals surface area contributed by atoms with Crippen molar-refractivity contribution in [3.05, 3.63) is 47.1 Å². The first kappa shape index (κ1) is 13.3. The van der Waals surface area contributed by atoms with Crippen LogP contribution in [0.4, 0.5) is 0 Å². The molecule has 0 spiro atoms. The van der Waals surface area contributed by atoms with Gasteiger partial charge in [0.25, 0.3) is 0 Å². The van der Waals surface area contributed by atoms with Gasteiger partial charge in [-0.05, 0) is 36.8 Å². The fourth-order valence-corrected chi connectivity index (χ4v) is 2.82. The van der Waals surface area contributed by atoms with E-state index in [1.807, 2.05) is 0 Å². The molecule has 2 unspecified atom stereocenters. The molecule has 20 heavy (non-hydrogen) atoms. The Balaban J connectivity index is 1.87. The van der Waals surface area contributed by atoms with E-state index in [0.29, 0.717) is 18.1 Å². The number of benzene rings is 1. The van der Waals surface area contributed by atoms with Crippen LogP contribution in [0.1, 0.15) is 54.1 Å². The number of aliphatic hydroxyl groups is 1. The molecule has 3 rings (SSSR count). The number of fused-ring (bicyclic) bond motifs is 1. The van der Waals surface area contributed by atoms with E-state index >= 15 is 0 Å². The lowest BCUT2D eigenvalue weighted by Crippen LogP contribution is -2.14. The minimum Gasteiger partial charge on any atom is -0.396 e. The van der Waals surface area contributed by atoms with Crippen LogP contribution in [0.25, 0.3) is 0 Å². The third-order valence-electron chi connectivity index (χ3n) is 3.90. The van der Waals surface area contributed by atoms with Crippen LogP contribution in [0.5, 0.6) is 0 Å². The van der Waals surface area contributed by atoms with Gasteiger partial charge in [-0.25, -0.2) is 0 Å². The number of rotatable bonds is 4. The molecule has 0 amide bonds. The zero-order valence-corrected chi connectivity index (χ0v) is 11.3. The predicted octanol–water partition coefficient (Wildman–Crippen LogP) is 1.92. The monoisotopic (exact) mass is 273 g/mol. The van der Waals surface area contributed by atoms with Crippen molar-refractivity contribution in [2.75, 3.05) is 6.61 Å². The Morgan fingerprint density at radius 3 is 3.10 bits per heavy atom. The van der Waals surface area contributed by atoms with E-state index in [1.165, 1.54) is 11.1 Å². The molecule has 5 heteroatoms. The molecule has 5 nitrogen and oxygen atoms in total. The van der Waals surface area contributed by atoms with Crippen LogP contribution >= 0.6 is 0 Å². The van der Waals surface area contributed by atoms with Crippen molar-refractivity contribution in [2.24, 2.45) is 5.73 Å². The minimum absolute atomic E-state index is 0.0190. The van der Waals surface area contributed by atoms with E-state index in [2.05, 4.69) is 34.4 Å². The highest BCUT2D eigenvalue weighted by Crippen LogP contribution is 2.35. The van der Waals surface area contributed by atoms with E-state index < -0.39 is 0 Å². The number of aromatic nitrogens is 2. The SMILES string of the molecule is NC(CCO)c1nc(C2CCCc3ccccc32)no1. The smallest absolute Gasteiger partial charge is 0.243 e. The molecule has 1 aromatic heterocycles. The average molecular weight is 273 g/mol. The second kappa shape index (κ2) is 5.73. The van der Waals surface area contributed by atoms with Gasteiger partial charge in [-0.3, -0.25) is 0 Å². The molecule has 1 aliphatic carbocycles. The van der Waals surface area contributed by atoms with Crippen molar-refractivity contribution < 1.29 is 9.63 Å². The first-order chi connectivity index (χ1) is 9.79. The molecule has 0 saturated carbocycles. The third-order valence-corrected chi connectivity index (χ3v) is 3.90. The van der Waals surface area contributed by atoms with E-state index in [0.717, 1.165) is 19.3 Å². The number of nitrogens with two attached hydrogens (primary N) is 1. The van der Waals surface area contributed by atoms with Crippen LogP contribution in [0.3, 0.4) is 0 Å². The summed E-state index contributed by atoms with van der Waals surface area (Å²) in [5.41, 5.74) is 8.55. The van der Waals surface area contributed by atoms with Crippen LogP contribution in [-0.4, -0.2) is 21.9 Å². The zero-order valence-electron chi connectivity index (χ0n) is 11.3. The van der Waals surface area contributed by atoms with Crippen LogP contribution in [-0.2, 0) is 6.42 Å². The van der Waals surface area contributed by atoms with Gasteiger partial charge in [0.1, 0.15) is 0 Å². The highest BCUT2D eigenvalue weighted by atomic mass is 16.5. The summed E-state index contributed by atoms with van der Waals surface area (Å²) in [5.74, 6) is 1.32. The van der Waals surface area contributed by atoms with Crippen LogP contribution in [0.2, 0.25) is 0 Å². The fourth-order valence-electron chi connectivity index (χ4n) is 2.82. The average Bonchev–Trinajstić information content (AvgIpc) is 2.97. The highest BCUT2D eigenvalue weighted by Gasteiger charge is 2.26. The predicted molar refractivity (Wildman–Crippen MR) is 74.2 cm³/mol. The van der Waals surface area contributed by atoms with Crippen LogP contribution < -0.4 is 5.73 Å². The van der Waals surface area contributed by atoms with Crippen molar-refractivity contribution in [1.82, 2.24) is 10.1 Å². The molecule has 0 saturated heterocycles. The van der Waals surface area contributed by atoms with Crippen molar-refractivity contribution in [3.8, 4) is 0 Å². The second-order valence-electron chi connectivity index (χ2n) is 5.25. The van der Waals surface area contributed by atoms with Crippen molar-refractivity contribution in [1.29, 1.82) is 0 Å². The lowest BCUT2D eigenvalue weighted by Gasteiger charge is -2.22. The lowest BCUT2D eigenvalue weighted by molar-refractivity contribution is 0.259. The van der Waals surface area contributed by atoms with Crippen molar-refractivity contribution in [2.45, 2.75) is 37.6 Å². The lowest BCUT2D eigenvalue weighted by atomic mass is 9.82. The first-order valence-corrected chi connectivity index (χ1v) is 7.07. The Bertz CT molecular complexity index is 582. The van der Waals surface area contributed by atoms with Gasteiger partial charge in [-0.15, -0.1) is 0 Å². The Morgan fingerprint density at radius 2 is 2.25 bits per heavy atom. The van der Waals surface area contributed by atoms with Gasteiger partial charge in [0, 0.05) is 12.5 Å². The molecule has 106 valence electrons. The topological polar surface area (TPSA) is 85.2 Å². The molecule has 3 N–H and O–H groups in total. The summed E-state index contributed by atoms with van der Waals surface area (Å²) in [4.78, 5) is 4.44. The quantitative estimate of drug-likeness (QED) is 0.889. The molecule has 1 aliphatic rings. The normalized spacial score (nSPS) is 19.6. The van der Waals surface area contributed by atoms with Gasteiger partial charge in [-0.1, -0.05) is 29.4 Å². The maximum Gasteiger partial charge on any atom is 0.243 e. The summed E-state index contributed by atoms with van der Waals surface area (Å²) in [6.07, 6.45) is 3.71. The van der Waals surface area contributed by atoms with Crippen LogP contribution in [0, 0.1) is 0 Å². The molecule has 0 radical (unpaired) electrons. The van der Waals surface area contributed by atoms with Gasteiger partial charge in [-0.2, -0.15) is 4.98 Å². The molecule has 2 aromatic rings. The van der Waals surface area contributed by atoms with Crippen LogP contribution in [0.15, 0.2) is 28.8 Å². The number of aliphatic hydroxyl groups excluding tert-OH is 1. The minimum atomic E-state index is -0.389. The van der Waals surface area contributed by atoms with E-state index in [-0.39, 0.29) is 18.6 Å². The Kier molecular flexibility index (Phi) is 3.80. The number of aryl methyl sites for hydroxylation is 1. The van der Waals surface area contributed by atoms with E-state index in [4.69, 9.17) is 15.4 Å². The van der Waals surface area contributed by atoms with Gasteiger partial charge < -0.3 is 15.4 Å². The summed E-state index contributed by atoms with van der Waals surface area (Å²) < 4.78 is 5.25. The fraction of sp³-hybridized carbons (Fsp3) is 0.467. The molecule has 1 heterocycles. The summed E-state index contributed by atoms with van der Waals surface area (Å²) in [6.45, 7) is 0.0190. The largest absolute Gasteiger partial charge is 0.396 e. The van der Waals surface area contributed by atoms with Crippen molar-refractivity contribution in [3.63, 3.8) is 0 Å². The molecular weight excluding hydrogens is 254 g/mol. The number of hydrogen-bond donors (Lipinski definition) is 2. The van der Waals surface area contributed by atoms with Gasteiger partial charge >= 0.3 is 0 Å². The zero-order chi connectivity index (χ0) is 13.9. The number of nitrogens with zero attached hydrogens (tertiary/aromatic N) is 2. The van der Waals surface area contributed by atoms with Gasteiger partial charge in [0.15, 0.2) is 5.82 Å². The third kappa shape index (κ3) is 2.46. The molecule has 0 bridgehead atoms. The number of hydrogen-bond acceptors (Lipinski definition) is 5. The summed E-state index contributed by atoms with van der Waals surface area (Å²) >= 11 is 0. The van der Waals surface area contributed by atoms with E-state index in [1.54, 1.807) is 0 Å². The maximum absolute atomic E-state index is 8.91. The van der Waals surface area contributed by atoms with Gasteiger partial charge in [0.05, 0.1) is 6.04 Å². The standard InChI is InChI=1S/C15H19N3O2/c16-13(8-9-19)15-17-14(18-20-15)12-7-3-5-10-4-1-2-6-11(10)12/h1-2,4,6,12-13,19H,3,5,7-9,16H2. The first-order valence-electron chi connectivity index (χ1n) is 7.07. The van der Waals surface area contributed by atoms with E-state index in [9.17, 15) is 0 Å². The Hall–Kier alpha value is -1.72. The summed E-state index contributed by atoms with van der Waals surface area (Å²) in [6, 6.07) is 8.04.